The van der Waals surface area contributed by atoms with E-state index in [-0.39, 0.29) is 16.7 Å². The minimum Gasteiger partial charge on any atom is -0.507 e. The predicted octanol–water partition coefficient (Wildman–Crippen LogP) is 5.26. The number of Topliss-reactive ketones (excluding diaryl/α,β-unsaturated/α-hetero) is 1. The molecule has 2 aromatic carbocycles. The van der Waals surface area contributed by atoms with Gasteiger partial charge in [-0.05, 0) is 47.2 Å². The molecule has 1 fully saturated rings. The maximum atomic E-state index is 13.3. The molecule has 1 aromatic heterocycles. The number of aromatic nitrogens is 2. The summed E-state index contributed by atoms with van der Waals surface area (Å²) in [5, 5.41) is 11.3. The number of aliphatic hydroxyl groups excluding tert-OH is 1. The Morgan fingerprint density at radius 3 is 2.38 bits per heavy atom. The van der Waals surface area contributed by atoms with Crippen LogP contribution in [0.1, 0.15) is 49.9 Å². The van der Waals surface area contributed by atoms with Crippen LogP contribution in [0.25, 0.3) is 5.76 Å². The molecule has 192 valence electrons. The molecule has 1 N–H and O–H groups in total. The number of ketones is 1. The van der Waals surface area contributed by atoms with Gasteiger partial charge in [0, 0.05) is 31.0 Å². The summed E-state index contributed by atoms with van der Waals surface area (Å²) >= 11 is 0. The first kappa shape index (κ1) is 25.9. The molecule has 0 saturated carbocycles. The highest BCUT2D eigenvalue weighted by molar-refractivity contribution is 6.46. The lowest BCUT2D eigenvalue weighted by molar-refractivity contribution is -0.139. The summed E-state index contributed by atoms with van der Waals surface area (Å²) in [5.41, 5.74) is 2.42. The summed E-state index contributed by atoms with van der Waals surface area (Å²) in [6.45, 7) is 11.4. The Bertz CT molecular complexity index is 1280. The van der Waals surface area contributed by atoms with Crippen molar-refractivity contribution >= 4 is 17.4 Å². The van der Waals surface area contributed by atoms with Crippen molar-refractivity contribution in [2.24, 2.45) is 0 Å². The fraction of sp³-hybridized carbons (Fsp3) is 0.300. The maximum Gasteiger partial charge on any atom is 0.295 e. The Morgan fingerprint density at radius 2 is 1.78 bits per heavy atom. The van der Waals surface area contributed by atoms with Gasteiger partial charge in [-0.3, -0.25) is 9.59 Å². The second kappa shape index (κ2) is 10.9. The molecule has 1 saturated heterocycles. The van der Waals surface area contributed by atoms with Crippen molar-refractivity contribution in [3.05, 3.63) is 102 Å². The second-order valence-electron chi connectivity index (χ2n) is 10.1. The molecule has 0 spiro atoms. The highest BCUT2D eigenvalue weighted by Gasteiger charge is 2.45. The molecule has 0 bridgehead atoms. The second-order valence-corrected chi connectivity index (χ2v) is 10.1. The van der Waals surface area contributed by atoms with E-state index in [1.807, 2.05) is 35.0 Å². The van der Waals surface area contributed by atoms with Gasteiger partial charge in [-0.2, -0.15) is 0 Å². The van der Waals surface area contributed by atoms with Crippen molar-refractivity contribution in [3.8, 4) is 5.75 Å². The number of hydrogen-bond acceptors (Lipinski definition) is 5. The van der Waals surface area contributed by atoms with Crippen molar-refractivity contribution in [1.29, 1.82) is 0 Å². The van der Waals surface area contributed by atoms with E-state index in [2.05, 4.69) is 32.3 Å². The molecular weight excluding hydrogens is 466 g/mol. The van der Waals surface area contributed by atoms with Crippen LogP contribution in [0.2, 0.25) is 0 Å². The van der Waals surface area contributed by atoms with Gasteiger partial charge in [0.25, 0.3) is 11.7 Å². The lowest BCUT2D eigenvalue weighted by Crippen LogP contribution is -2.31. The van der Waals surface area contributed by atoms with Crippen LogP contribution in [0.4, 0.5) is 0 Å². The number of likely N-dealkylation sites (tertiary alicyclic amines) is 1. The molecule has 1 aliphatic rings. The molecule has 0 aliphatic carbocycles. The number of rotatable bonds is 9. The summed E-state index contributed by atoms with van der Waals surface area (Å²) in [7, 11) is 0. The lowest BCUT2D eigenvalue weighted by atomic mass is 9.85. The number of imidazole rings is 1. The Morgan fingerprint density at radius 1 is 1.08 bits per heavy atom. The Balaban J connectivity index is 1.71. The molecule has 0 unspecified atom stereocenters. The summed E-state index contributed by atoms with van der Waals surface area (Å²) < 4.78 is 7.45. The minimum absolute atomic E-state index is 0.0411. The number of amides is 1. The number of carbonyl (C=O) groups is 2. The molecule has 1 atom stereocenters. The molecule has 7 heteroatoms. The van der Waals surface area contributed by atoms with E-state index in [0.717, 1.165) is 11.1 Å². The molecule has 0 radical (unpaired) electrons. The molecule has 3 aromatic rings. The van der Waals surface area contributed by atoms with E-state index >= 15 is 0 Å². The largest absolute Gasteiger partial charge is 0.507 e. The van der Waals surface area contributed by atoms with Crippen LogP contribution in [0.5, 0.6) is 5.75 Å². The zero-order chi connectivity index (χ0) is 26.6. The highest BCUT2D eigenvalue weighted by atomic mass is 16.5. The fourth-order valence-electron chi connectivity index (χ4n) is 4.48. The molecular formula is C30H33N3O4. The maximum absolute atomic E-state index is 13.3. The van der Waals surface area contributed by atoms with Crippen LogP contribution < -0.4 is 4.74 Å². The van der Waals surface area contributed by atoms with Gasteiger partial charge in [-0.1, -0.05) is 57.7 Å². The van der Waals surface area contributed by atoms with Gasteiger partial charge in [-0.25, -0.2) is 4.98 Å². The Labute approximate surface area is 217 Å². The first-order chi connectivity index (χ1) is 17.7. The third-order valence-electron chi connectivity index (χ3n) is 6.50. The minimum atomic E-state index is -0.687. The standard InChI is InChI=1S/C30H33N3O4/c1-5-19-37-24-13-9-22(10-14-24)27(34)25-26(21-7-11-23(12-8-21)30(2,3)4)33(29(36)28(25)35)17-6-16-32-18-15-31-20-32/h5,7-15,18,20,26,34H,1,6,16-17,19H2,2-4H3/b27-25+/t26-/m1/s1. The van der Waals surface area contributed by atoms with E-state index in [4.69, 9.17) is 4.74 Å². The summed E-state index contributed by atoms with van der Waals surface area (Å²) in [4.78, 5) is 32.1. The third kappa shape index (κ3) is 5.66. The monoisotopic (exact) mass is 499 g/mol. The van der Waals surface area contributed by atoms with Gasteiger partial charge < -0.3 is 19.3 Å². The first-order valence-corrected chi connectivity index (χ1v) is 12.4. The van der Waals surface area contributed by atoms with Gasteiger partial charge in [0.15, 0.2) is 0 Å². The van der Waals surface area contributed by atoms with E-state index in [9.17, 15) is 14.7 Å². The molecule has 1 aliphatic heterocycles. The zero-order valence-electron chi connectivity index (χ0n) is 21.6. The number of benzene rings is 2. The van der Waals surface area contributed by atoms with Gasteiger partial charge in [0.1, 0.15) is 18.1 Å². The third-order valence-corrected chi connectivity index (χ3v) is 6.50. The topological polar surface area (TPSA) is 84.7 Å². The van der Waals surface area contributed by atoms with Crippen LogP contribution in [-0.2, 0) is 21.5 Å². The van der Waals surface area contributed by atoms with Crippen molar-refractivity contribution in [3.63, 3.8) is 0 Å². The first-order valence-electron chi connectivity index (χ1n) is 12.4. The van der Waals surface area contributed by atoms with Crippen LogP contribution >= 0.6 is 0 Å². The molecule has 7 nitrogen and oxygen atoms in total. The average Bonchev–Trinajstić information content (AvgIpc) is 3.49. The Kier molecular flexibility index (Phi) is 7.62. The van der Waals surface area contributed by atoms with Gasteiger partial charge in [-0.15, -0.1) is 0 Å². The SMILES string of the molecule is C=CCOc1ccc(/C(O)=C2\C(=O)C(=O)N(CCCn3ccnc3)[C@@H]2c2ccc(C(C)(C)C)cc2)cc1. The van der Waals surface area contributed by atoms with Gasteiger partial charge in [0.05, 0.1) is 17.9 Å². The zero-order valence-corrected chi connectivity index (χ0v) is 21.6. The number of hydrogen-bond donors (Lipinski definition) is 1. The van der Waals surface area contributed by atoms with Crippen molar-refractivity contribution in [1.82, 2.24) is 14.5 Å². The number of ether oxygens (including phenoxy) is 1. The van der Waals surface area contributed by atoms with Crippen LogP contribution in [0.3, 0.4) is 0 Å². The van der Waals surface area contributed by atoms with Crippen LogP contribution in [-0.4, -0.2) is 44.4 Å². The number of nitrogens with zero attached hydrogens (tertiary/aromatic N) is 3. The number of carbonyl (C=O) groups excluding carboxylic acids is 2. The molecule has 4 rings (SSSR count). The molecule has 37 heavy (non-hydrogen) atoms. The summed E-state index contributed by atoms with van der Waals surface area (Å²) in [5.74, 6) is -0.874. The van der Waals surface area contributed by atoms with E-state index in [0.29, 0.717) is 37.4 Å². The van der Waals surface area contributed by atoms with Crippen LogP contribution in [0, 0.1) is 0 Å². The van der Waals surface area contributed by atoms with E-state index < -0.39 is 17.7 Å². The highest BCUT2D eigenvalue weighted by Crippen LogP contribution is 2.40. The number of aliphatic hydroxyl groups is 1. The van der Waals surface area contributed by atoms with Crippen LogP contribution in [0.15, 0.2) is 85.5 Å². The van der Waals surface area contributed by atoms with E-state index in [1.165, 1.54) is 0 Å². The lowest BCUT2D eigenvalue weighted by Gasteiger charge is -2.26. The Hall–Kier alpha value is -4.13. The number of aryl methyl sites for hydroxylation is 1. The summed E-state index contributed by atoms with van der Waals surface area (Å²) in [6, 6.07) is 14.0. The van der Waals surface area contributed by atoms with Gasteiger partial charge >= 0.3 is 0 Å². The quantitative estimate of drug-likeness (QED) is 0.188. The average molecular weight is 500 g/mol. The molecule has 2 heterocycles. The summed E-state index contributed by atoms with van der Waals surface area (Å²) in [6.07, 6.45) is 7.57. The smallest absolute Gasteiger partial charge is 0.295 e. The molecule has 1 amide bonds. The van der Waals surface area contributed by atoms with Crippen molar-refractivity contribution in [2.75, 3.05) is 13.2 Å². The predicted molar refractivity (Wildman–Crippen MR) is 143 cm³/mol. The fourth-order valence-corrected chi connectivity index (χ4v) is 4.48. The van der Waals surface area contributed by atoms with Crippen molar-refractivity contribution in [2.45, 2.75) is 45.2 Å². The van der Waals surface area contributed by atoms with E-state index in [1.54, 1.807) is 47.8 Å². The normalized spacial score (nSPS) is 17.3. The van der Waals surface area contributed by atoms with Gasteiger partial charge in [0.2, 0.25) is 0 Å². The van der Waals surface area contributed by atoms with Crippen molar-refractivity contribution < 1.29 is 19.4 Å².